The number of alkyl halides is 3. The van der Waals surface area contributed by atoms with Crippen molar-refractivity contribution in [3.63, 3.8) is 0 Å². The third kappa shape index (κ3) is 3.73. The lowest BCUT2D eigenvalue weighted by molar-refractivity contribution is -0.157. The lowest BCUT2D eigenvalue weighted by Gasteiger charge is -2.37. The Bertz CT molecular complexity index is 1190. The highest BCUT2D eigenvalue weighted by atomic mass is 79.9. The maximum Gasteiger partial charge on any atom is 0.470 e. The molecule has 0 saturated carbocycles. The van der Waals surface area contributed by atoms with Crippen molar-refractivity contribution < 1.29 is 27.2 Å². The van der Waals surface area contributed by atoms with Crippen LogP contribution in [0.15, 0.2) is 45.4 Å². The van der Waals surface area contributed by atoms with Gasteiger partial charge in [0.2, 0.25) is 11.8 Å². The second-order valence-electron chi connectivity index (χ2n) is 7.46. The molecule has 2 amide bonds. The normalized spacial score (nSPS) is 15.9. The predicted octanol–water partition coefficient (Wildman–Crippen LogP) is 4.37. The van der Waals surface area contributed by atoms with Crippen LogP contribution in [0.5, 0.6) is 0 Å². The van der Waals surface area contributed by atoms with Crippen molar-refractivity contribution in [2.75, 3.05) is 0 Å². The molecule has 1 aliphatic rings. The van der Waals surface area contributed by atoms with Crippen molar-refractivity contribution in [1.29, 1.82) is 0 Å². The molecule has 1 aliphatic heterocycles. The van der Waals surface area contributed by atoms with Gasteiger partial charge in [0.15, 0.2) is 0 Å². The molecule has 0 aliphatic carbocycles. The number of pyridine rings is 1. The van der Waals surface area contributed by atoms with E-state index in [2.05, 4.69) is 35.5 Å². The number of hydrogen-bond acceptors (Lipinski definition) is 6. The van der Waals surface area contributed by atoms with Gasteiger partial charge < -0.3 is 4.42 Å². The van der Waals surface area contributed by atoms with E-state index in [4.69, 9.17) is 0 Å². The average molecular weight is 495 g/mol. The standard InChI is InChI=1S/C20H14BrF3N4O3/c1-19(2)14-7-11(21)4-6-13(14)16(29)28(18(19)30)9-12-5-3-10(8-25-12)15-26-27-17(31-15)20(22,23)24/h3-8H,9H2,1-2H3. The van der Waals surface area contributed by atoms with Crippen LogP contribution in [-0.4, -0.2) is 31.9 Å². The molecule has 0 radical (unpaired) electrons. The van der Waals surface area contributed by atoms with Gasteiger partial charge in [-0.15, -0.1) is 10.2 Å². The first-order valence-electron chi connectivity index (χ1n) is 9.01. The molecule has 31 heavy (non-hydrogen) atoms. The molecule has 0 saturated heterocycles. The van der Waals surface area contributed by atoms with Crippen molar-refractivity contribution in [3.05, 3.63) is 63.7 Å². The highest BCUT2D eigenvalue weighted by Gasteiger charge is 2.44. The van der Waals surface area contributed by atoms with E-state index in [0.717, 1.165) is 9.37 Å². The van der Waals surface area contributed by atoms with Crippen molar-refractivity contribution in [3.8, 4) is 11.5 Å². The molecule has 0 N–H and O–H groups in total. The summed E-state index contributed by atoms with van der Waals surface area (Å²) < 4.78 is 43.3. The Labute approximate surface area is 182 Å². The molecular weight excluding hydrogens is 481 g/mol. The van der Waals surface area contributed by atoms with Gasteiger partial charge in [-0.3, -0.25) is 19.5 Å². The minimum Gasteiger partial charge on any atom is -0.413 e. The van der Waals surface area contributed by atoms with Gasteiger partial charge in [-0.05, 0) is 49.7 Å². The molecule has 3 heterocycles. The molecular formula is C20H14BrF3N4O3. The lowest BCUT2D eigenvalue weighted by atomic mass is 9.77. The first-order valence-corrected chi connectivity index (χ1v) is 9.80. The van der Waals surface area contributed by atoms with Crippen LogP contribution in [0, 0.1) is 0 Å². The van der Waals surface area contributed by atoms with Gasteiger partial charge >= 0.3 is 12.1 Å². The van der Waals surface area contributed by atoms with Gasteiger partial charge in [0.05, 0.1) is 23.2 Å². The van der Waals surface area contributed by atoms with Crippen LogP contribution < -0.4 is 0 Å². The van der Waals surface area contributed by atoms with E-state index in [1.807, 2.05) is 0 Å². The number of amides is 2. The fraction of sp³-hybridized carbons (Fsp3) is 0.250. The molecule has 0 spiro atoms. The summed E-state index contributed by atoms with van der Waals surface area (Å²) in [5, 5.41) is 6.35. The Kier molecular flexibility index (Phi) is 4.95. The molecule has 4 rings (SSSR count). The minimum atomic E-state index is -4.74. The van der Waals surface area contributed by atoms with Crippen LogP contribution in [0.4, 0.5) is 13.2 Å². The number of nitrogens with zero attached hydrogens (tertiary/aromatic N) is 4. The molecule has 2 aromatic heterocycles. The van der Waals surface area contributed by atoms with Gasteiger partial charge in [-0.2, -0.15) is 13.2 Å². The van der Waals surface area contributed by atoms with E-state index in [1.54, 1.807) is 32.0 Å². The number of hydrogen-bond donors (Lipinski definition) is 0. The number of carbonyl (C=O) groups excluding carboxylic acids is 2. The highest BCUT2D eigenvalue weighted by molar-refractivity contribution is 9.10. The first-order chi connectivity index (χ1) is 14.5. The number of benzene rings is 1. The second-order valence-corrected chi connectivity index (χ2v) is 8.38. The number of fused-ring (bicyclic) bond motifs is 1. The fourth-order valence-electron chi connectivity index (χ4n) is 3.31. The van der Waals surface area contributed by atoms with Crippen LogP contribution in [0.1, 0.15) is 41.4 Å². The monoisotopic (exact) mass is 494 g/mol. The van der Waals surface area contributed by atoms with Crippen molar-refractivity contribution in [1.82, 2.24) is 20.1 Å². The molecule has 1 aromatic carbocycles. The zero-order valence-corrected chi connectivity index (χ0v) is 17.8. The molecule has 11 heteroatoms. The quantitative estimate of drug-likeness (QED) is 0.502. The summed E-state index contributed by atoms with van der Waals surface area (Å²) in [6.45, 7) is 3.39. The Balaban J connectivity index is 1.59. The molecule has 0 unspecified atom stereocenters. The molecule has 160 valence electrons. The molecule has 0 atom stereocenters. The van der Waals surface area contributed by atoms with Crippen LogP contribution in [-0.2, 0) is 22.9 Å². The number of imide groups is 1. The predicted molar refractivity (Wildman–Crippen MR) is 105 cm³/mol. The SMILES string of the molecule is CC1(C)C(=O)N(Cc2ccc(-c3nnc(C(F)(F)F)o3)cn2)C(=O)c2ccc(Br)cc21. The van der Waals surface area contributed by atoms with Crippen LogP contribution in [0.3, 0.4) is 0 Å². The van der Waals surface area contributed by atoms with Gasteiger partial charge in [0.1, 0.15) is 0 Å². The summed E-state index contributed by atoms with van der Waals surface area (Å²) in [6.07, 6.45) is -3.50. The summed E-state index contributed by atoms with van der Waals surface area (Å²) >= 11 is 3.36. The summed E-state index contributed by atoms with van der Waals surface area (Å²) in [4.78, 5) is 31.2. The van der Waals surface area contributed by atoms with E-state index in [1.165, 1.54) is 18.3 Å². The summed E-state index contributed by atoms with van der Waals surface area (Å²) in [6, 6.07) is 8.07. The van der Waals surface area contributed by atoms with E-state index in [9.17, 15) is 22.8 Å². The Morgan fingerprint density at radius 3 is 2.48 bits per heavy atom. The third-order valence-electron chi connectivity index (χ3n) is 4.97. The fourth-order valence-corrected chi connectivity index (χ4v) is 3.68. The molecule has 0 bridgehead atoms. The number of carbonyl (C=O) groups is 2. The summed E-state index contributed by atoms with van der Waals surface area (Å²) in [7, 11) is 0. The summed E-state index contributed by atoms with van der Waals surface area (Å²) in [5.74, 6) is -2.61. The molecule has 3 aromatic rings. The number of aromatic nitrogens is 3. The Hall–Kier alpha value is -3.08. The zero-order valence-electron chi connectivity index (χ0n) is 16.2. The van der Waals surface area contributed by atoms with Crippen LogP contribution in [0.2, 0.25) is 0 Å². The topological polar surface area (TPSA) is 89.2 Å². The first kappa shape index (κ1) is 21.2. The second kappa shape index (κ2) is 7.26. The Morgan fingerprint density at radius 1 is 1.13 bits per heavy atom. The maximum absolute atomic E-state index is 13.0. The van der Waals surface area contributed by atoms with Gasteiger partial charge in [0.25, 0.3) is 5.91 Å². The third-order valence-corrected chi connectivity index (χ3v) is 5.46. The maximum atomic E-state index is 13.0. The average Bonchev–Trinajstić information content (AvgIpc) is 3.21. The minimum absolute atomic E-state index is 0.0888. The van der Waals surface area contributed by atoms with Crippen molar-refractivity contribution in [2.45, 2.75) is 32.0 Å². The zero-order chi connectivity index (χ0) is 22.6. The van der Waals surface area contributed by atoms with Crippen molar-refractivity contribution in [2.24, 2.45) is 0 Å². The van der Waals surface area contributed by atoms with Crippen molar-refractivity contribution >= 4 is 27.7 Å². The number of rotatable bonds is 3. The van der Waals surface area contributed by atoms with Crippen LogP contribution in [0.25, 0.3) is 11.5 Å². The van der Waals surface area contributed by atoms with Gasteiger partial charge in [-0.25, -0.2) is 0 Å². The Morgan fingerprint density at radius 2 is 1.87 bits per heavy atom. The molecule has 7 nitrogen and oxygen atoms in total. The van der Waals surface area contributed by atoms with Gasteiger partial charge in [-0.1, -0.05) is 15.9 Å². The van der Waals surface area contributed by atoms with E-state index < -0.39 is 23.4 Å². The van der Waals surface area contributed by atoms with E-state index in [0.29, 0.717) is 16.8 Å². The highest BCUT2D eigenvalue weighted by Crippen LogP contribution is 2.36. The van der Waals surface area contributed by atoms with E-state index >= 15 is 0 Å². The lowest BCUT2D eigenvalue weighted by Crippen LogP contribution is -2.51. The van der Waals surface area contributed by atoms with Crippen LogP contribution >= 0.6 is 15.9 Å². The largest absolute Gasteiger partial charge is 0.470 e. The van der Waals surface area contributed by atoms with E-state index in [-0.39, 0.29) is 23.9 Å². The smallest absolute Gasteiger partial charge is 0.413 e. The summed E-state index contributed by atoms with van der Waals surface area (Å²) in [5.41, 5.74) is 0.684. The number of halogens is 4. The molecule has 0 fully saturated rings. The van der Waals surface area contributed by atoms with Gasteiger partial charge in [0, 0.05) is 16.2 Å².